The lowest BCUT2D eigenvalue weighted by atomic mass is 9.92. The molecule has 0 aromatic heterocycles. The first kappa shape index (κ1) is 13.1. The molecule has 1 aliphatic carbocycles. The van der Waals surface area contributed by atoms with Gasteiger partial charge in [-0.15, -0.1) is 0 Å². The van der Waals surface area contributed by atoms with Gasteiger partial charge in [-0.2, -0.15) is 0 Å². The monoisotopic (exact) mass is 258 g/mol. The summed E-state index contributed by atoms with van der Waals surface area (Å²) in [6, 6.07) is 7.81. The Labute approximate surface area is 117 Å². The topological polar surface area (TPSA) is 15.3 Å². The molecule has 2 nitrogen and oxygen atoms in total. The van der Waals surface area contributed by atoms with Gasteiger partial charge in [0.1, 0.15) is 0 Å². The van der Waals surface area contributed by atoms with Gasteiger partial charge in [-0.05, 0) is 81.9 Å². The second-order valence-corrected chi connectivity index (χ2v) is 6.46. The zero-order chi connectivity index (χ0) is 13.2. The minimum Gasteiger partial charge on any atom is -0.316 e. The van der Waals surface area contributed by atoms with Gasteiger partial charge in [-0.3, -0.25) is 0 Å². The minimum atomic E-state index is 0.579. The second kappa shape index (κ2) is 5.64. The van der Waals surface area contributed by atoms with Crippen LogP contribution in [0.3, 0.4) is 0 Å². The molecular weight excluding hydrogens is 232 g/mol. The van der Waals surface area contributed by atoms with E-state index in [9.17, 15) is 0 Å². The van der Waals surface area contributed by atoms with Gasteiger partial charge in [-0.25, -0.2) is 0 Å². The molecule has 2 aliphatic rings. The fraction of sp³-hybridized carbons (Fsp3) is 0.647. The van der Waals surface area contributed by atoms with Crippen LogP contribution in [-0.2, 0) is 12.8 Å². The second-order valence-electron chi connectivity index (χ2n) is 6.46. The van der Waals surface area contributed by atoms with E-state index < -0.39 is 0 Å². The Bertz CT molecular complexity index is 433. The molecule has 0 bridgehead atoms. The summed E-state index contributed by atoms with van der Waals surface area (Å²) in [6.07, 6.45) is 6.55. The normalized spacial score (nSPS) is 23.8. The number of nitrogens with one attached hydrogen (secondary N) is 1. The quantitative estimate of drug-likeness (QED) is 0.893. The van der Waals surface area contributed by atoms with Gasteiger partial charge in [0.2, 0.25) is 0 Å². The van der Waals surface area contributed by atoms with Crippen molar-refractivity contribution < 1.29 is 0 Å². The summed E-state index contributed by atoms with van der Waals surface area (Å²) in [5.74, 6) is 0.848. The SMILES string of the molecule is CN(C)C(CC1CCNC1)c1ccc2c(c1)CCC2. The van der Waals surface area contributed by atoms with Crippen LogP contribution in [0.1, 0.15) is 42.0 Å². The molecule has 19 heavy (non-hydrogen) atoms. The van der Waals surface area contributed by atoms with Crippen LogP contribution < -0.4 is 5.32 Å². The van der Waals surface area contributed by atoms with Gasteiger partial charge in [0, 0.05) is 6.04 Å². The van der Waals surface area contributed by atoms with Crippen molar-refractivity contribution in [2.24, 2.45) is 5.92 Å². The van der Waals surface area contributed by atoms with E-state index in [0.29, 0.717) is 6.04 Å². The Morgan fingerprint density at radius 2 is 2.11 bits per heavy atom. The summed E-state index contributed by atoms with van der Waals surface area (Å²) >= 11 is 0. The molecule has 1 aliphatic heterocycles. The van der Waals surface area contributed by atoms with E-state index in [1.54, 1.807) is 11.1 Å². The lowest BCUT2D eigenvalue weighted by molar-refractivity contribution is 0.253. The first-order valence-electron chi connectivity index (χ1n) is 7.73. The maximum absolute atomic E-state index is 3.49. The van der Waals surface area contributed by atoms with Crippen molar-refractivity contribution in [2.75, 3.05) is 27.2 Å². The molecule has 1 heterocycles. The fourth-order valence-electron chi connectivity index (χ4n) is 3.68. The summed E-state index contributed by atoms with van der Waals surface area (Å²) in [6.45, 7) is 2.41. The lowest BCUT2D eigenvalue weighted by Gasteiger charge is -2.27. The molecule has 104 valence electrons. The third-order valence-corrected chi connectivity index (χ3v) is 4.85. The maximum Gasteiger partial charge on any atom is 0.0345 e. The number of aryl methyl sites for hydroxylation is 2. The van der Waals surface area contributed by atoms with Crippen LogP contribution in [-0.4, -0.2) is 32.1 Å². The average Bonchev–Trinajstić information content (AvgIpc) is 3.05. The fourth-order valence-corrected chi connectivity index (χ4v) is 3.68. The third kappa shape index (κ3) is 2.85. The van der Waals surface area contributed by atoms with Crippen molar-refractivity contribution >= 4 is 0 Å². The van der Waals surface area contributed by atoms with Crippen LogP contribution in [0.25, 0.3) is 0 Å². The summed E-state index contributed by atoms with van der Waals surface area (Å²) in [5.41, 5.74) is 4.72. The van der Waals surface area contributed by atoms with Crippen LogP contribution in [0, 0.1) is 5.92 Å². The number of rotatable bonds is 4. The Hall–Kier alpha value is -0.860. The zero-order valence-electron chi connectivity index (χ0n) is 12.3. The first-order chi connectivity index (χ1) is 9.24. The van der Waals surface area contributed by atoms with Crippen LogP contribution in [0.15, 0.2) is 18.2 Å². The molecule has 2 atom stereocenters. The number of hydrogen-bond acceptors (Lipinski definition) is 2. The van der Waals surface area contributed by atoms with Crippen LogP contribution in [0.5, 0.6) is 0 Å². The van der Waals surface area contributed by atoms with Crippen LogP contribution >= 0.6 is 0 Å². The van der Waals surface area contributed by atoms with Gasteiger partial charge >= 0.3 is 0 Å². The third-order valence-electron chi connectivity index (χ3n) is 4.85. The van der Waals surface area contributed by atoms with Crippen molar-refractivity contribution in [3.8, 4) is 0 Å². The zero-order valence-corrected chi connectivity index (χ0v) is 12.3. The summed E-state index contributed by atoms with van der Waals surface area (Å²) in [4.78, 5) is 2.40. The van der Waals surface area contributed by atoms with E-state index >= 15 is 0 Å². The first-order valence-corrected chi connectivity index (χ1v) is 7.73. The van der Waals surface area contributed by atoms with E-state index in [1.807, 2.05) is 0 Å². The molecule has 0 amide bonds. The van der Waals surface area contributed by atoms with Crippen molar-refractivity contribution in [3.05, 3.63) is 34.9 Å². The molecule has 1 N–H and O–H groups in total. The minimum absolute atomic E-state index is 0.579. The molecule has 0 spiro atoms. The number of nitrogens with zero attached hydrogens (tertiary/aromatic N) is 1. The summed E-state index contributed by atoms with van der Waals surface area (Å²) in [5, 5.41) is 3.49. The molecule has 1 fully saturated rings. The van der Waals surface area contributed by atoms with E-state index in [0.717, 1.165) is 5.92 Å². The molecule has 2 heteroatoms. The van der Waals surface area contributed by atoms with Gasteiger partial charge in [0.25, 0.3) is 0 Å². The highest BCUT2D eigenvalue weighted by Gasteiger charge is 2.23. The van der Waals surface area contributed by atoms with Gasteiger partial charge in [0.05, 0.1) is 0 Å². The molecule has 3 rings (SSSR count). The van der Waals surface area contributed by atoms with E-state index in [4.69, 9.17) is 0 Å². The Balaban J connectivity index is 1.79. The molecule has 1 aromatic rings. The summed E-state index contributed by atoms with van der Waals surface area (Å²) < 4.78 is 0. The van der Waals surface area contributed by atoms with Crippen LogP contribution in [0.4, 0.5) is 0 Å². The average molecular weight is 258 g/mol. The number of fused-ring (bicyclic) bond motifs is 1. The predicted molar refractivity (Wildman–Crippen MR) is 80.5 cm³/mol. The van der Waals surface area contributed by atoms with Crippen molar-refractivity contribution in [2.45, 2.75) is 38.1 Å². The smallest absolute Gasteiger partial charge is 0.0345 e. The van der Waals surface area contributed by atoms with Crippen LogP contribution in [0.2, 0.25) is 0 Å². The molecular formula is C17H26N2. The molecule has 0 saturated carbocycles. The highest BCUT2D eigenvalue weighted by atomic mass is 15.1. The molecule has 2 unspecified atom stereocenters. The number of benzene rings is 1. The number of hydrogen-bond donors (Lipinski definition) is 1. The Kier molecular flexibility index (Phi) is 3.90. The highest BCUT2D eigenvalue weighted by Crippen LogP contribution is 2.32. The largest absolute Gasteiger partial charge is 0.316 e. The van der Waals surface area contributed by atoms with Gasteiger partial charge < -0.3 is 10.2 Å². The highest BCUT2D eigenvalue weighted by molar-refractivity contribution is 5.36. The van der Waals surface area contributed by atoms with Crippen molar-refractivity contribution in [1.82, 2.24) is 10.2 Å². The van der Waals surface area contributed by atoms with E-state index in [1.165, 1.54) is 50.8 Å². The molecule has 1 aromatic carbocycles. The van der Waals surface area contributed by atoms with E-state index in [-0.39, 0.29) is 0 Å². The predicted octanol–water partition coefficient (Wildman–Crippen LogP) is 2.78. The molecule has 1 saturated heterocycles. The lowest BCUT2D eigenvalue weighted by Crippen LogP contribution is -2.23. The van der Waals surface area contributed by atoms with Crippen molar-refractivity contribution in [1.29, 1.82) is 0 Å². The van der Waals surface area contributed by atoms with Gasteiger partial charge in [-0.1, -0.05) is 18.2 Å². The standard InChI is InChI=1S/C17H26N2/c1-19(2)17(10-13-8-9-18-12-13)16-7-6-14-4-3-5-15(14)11-16/h6-7,11,13,17-18H,3-5,8-10,12H2,1-2H3. The molecule has 0 radical (unpaired) electrons. The summed E-state index contributed by atoms with van der Waals surface area (Å²) in [7, 11) is 4.44. The van der Waals surface area contributed by atoms with Crippen molar-refractivity contribution in [3.63, 3.8) is 0 Å². The van der Waals surface area contributed by atoms with Gasteiger partial charge in [0.15, 0.2) is 0 Å². The Morgan fingerprint density at radius 3 is 2.84 bits per heavy atom. The Morgan fingerprint density at radius 1 is 1.26 bits per heavy atom. The van der Waals surface area contributed by atoms with E-state index in [2.05, 4.69) is 42.5 Å². The maximum atomic E-state index is 3.49.